The largest absolute Gasteiger partial charge is 0.310 e. The van der Waals surface area contributed by atoms with E-state index in [9.17, 15) is 4.79 Å². The molecule has 1 amide bonds. The Labute approximate surface area is 117 Å². The van der Waals surface area contributed by atoms with E-state index in [2.05, 4.69) is 15.3 Å². The number of nitrogens with one attached hydrogen (secondary N) is 1. The van der Waals surface area contributed by atoms with Crippen LogP contribution < -0.4 is 5.32 Å². The molecule has 0 unspecified atom stereocenters. The summed E-state index contributed by atoms with van der Waals surface area (Å²) in [5.74, 6) is 1.29. The third-order valence-corrected chi connectivity index (χ3v) is 3.32. The van der Waals surface area contributed by atoms with Crippen LogP contribution in [0, 0.1) is 6.92 Å². The third kappa shape index (κ3) is 2.59. The zero-order valence-electron chi connectivity index (χ0n) is 11.3. The van der Waals surface area contributed by atoms with Crippen LogP contribution in [0.25, 0.3) is 12.2 Å². The Bertz CT molecular complexity index is 678. The van der Waals surface area contributed by atoms with Crippen molar-refractivity contribution in [3.63, 3.8) is 0 Å². The molecule has 1 aliphatic heterocycles. The van der Waals surface area contributed by atoms with Gasteiger partial charge in [-0.1, -0.05) is 36.4 Å². The quantitative estimate of drug-likeness (QED) is 0.908. The van der Waals surface area contributed by atoms with Crippen molar-refractivity contribution in [1.82, 2.24) is 9.97 Å². The number of carbonyl (C=O) groups excluding carboxylic acids is 1. The number of hydrogen-bond acceptors (Lipinski definition) is 3. The van der Waals surface area contributed by atoms with E-state index in [0.29, 0.717) is 18.1 Å². The first-order valence-electron chi connectivity index (χ1n) is 6.63. The standard InChI is InChI=1S/C16H15N3O/c1-11-13-8-10-15(20)19-16(13)18-14(17-11)9-7-12-5-3-2-4-6-12/h2-7,9H,8,10H2,1H3,(H,17,18,19,20). The molecule has 1 N–H and O–H groups in total. The summed E-state index contributed by atoms with van der Waals surface area (Å²) >= 11 is 0. The minimum Gasteiger partial charge on any atom is -0.310 e. The van der Waals surface area contributed by atoms with Crippen molar-refractivity contribution in [1.29, 1.82) is 0 Å². The molecule has 0 spiro atoms. The van der Waals surface area contributed by atoms with Gasteiger partial charge in [-0.15, -0.1) is 0 Å². The lowest BCUT2D eigenvalue weighted by atomic mass is 10.1. The second-order valence-electron chi connectivity index (χ2n) is 4.79. The molecule has 0 bridgehead atoms. The predicted octanol–water partition coefficient (Wildman–Crippen LogP) is 2.84. The second kappa shape index (κ2) is 5.25. The Hall–Kier alpha value is -2.49. The summed E-state index contributed by atoms with van der Waals surface area (Å²) in [5.41, 5.74) is 3.07. The molecule has 0 radical (unpaired) electrons. The molecular weight excluding hydrogens is 250 g/mol. The Morgan fingerprint density at radius 3 is 2.70 bits per heavy atom. The molecule has 0 fully saturated rings. The molecule has 1 aliphatic rings. The first-order valence-corrected chi connectivity index (χ1v) is 6.63. The van der Waals surface area contributed by atoms with Gasteiger partial charge in [-0.05, 0) is 25.0 Å². The fourth-order valence-corrected chi connectivity index (χ4v) is 2.26. The lowest BCUT2D eigenvalue weighted by Crippen LogP contribution is -2.22. The van der Waals surface area contributed by atoms with Crippen LogP contribution in [-0.4, -0.2) is 15.9 Å². The van der Waals surface area contributed by atoms with E-state index in [-0.39, 0.29) is 5.91 Å². The highest BCUT2D eigenvalue weighted by molar-refractivity contribution is 5.93. The lowest BCUT2D eigenvalue weighted by molar-refractivity contribution is -0.116. The maximum Gasteiger partial charge on any atom is 0.225 e. The number of anilines is 1. The van der Waals surface area contributed by atoms with Crippen LogP contribution in [0.1, 0.15) is 29.1 Å². The summed E-state index contributed by atoms with van der Waals surface area (Å²) in [7, 11) is 0. The minimum absolute atomic E-state index is 0.0218. The second-order valence-corrected chi connectivity index (χ2v) is 4.79. The number of hydrogen-bond donors (Lipinski definition) is 1. The topological polar surface area (TPSA) is 54.9 Å². The molecule has 20 heavy (non-hydrogen) atoms. The van der Waals surface area contributed by atoms with Crippen LogP contribution in [0.3, 0.4) is 0 Å². The molecule has 0 saturated carbocycles. The van der Waals surface area contributed by atoms with Gasteiger partial charge in [0.25, 0.3) is 0 Å². The number of rotatable bonds is 2. The summed E-state index contributed by atoms with van der Waals surface area (Å²) in [6, 6.07) is 9.98. The van der Waals surface area contributed by atoms with Crippen molar-refractivity contribution in [2.75, 3.05) is 5.32 Å². The van der Waals surface area contributed by atoms with Gasteiger partial charge in [0.1, 0.15) is 5.82 Å². The maximum atomic E-state index is 11.4. The highest BCUT2D eigenvalue weighted by atomic mass is 16.1. The van der Waals surface area contributed by atoms with Gasteiger partial charge in [-0.25, -0.2) is 9.97 Å². The summed E-state index contributed by atoms with van der Waals surface area (Å²) in [4.78, 5) is 20.3. The van der Waals surface area contributed by atoms with Crippen molar-refractivity contribution in [2.24, 2.45) is 0 Å². The number of aromatic nitrogens is 2. The normalized spacial score (nSPS) is 14.2. The van der Waals surface area contributed by atoms with E-state index in [1.54, 1.807) is 0 Å². The molecule has 2 heterocycles. The van der Waals surface area contributed by atoms with Crippen molar-refractivity contribution >= 4 is 23.9 Å². The fourth-order valence-electron chi connectivity index (χ4n) is 2.26. The van der Waals surface area contributed by atoms with Crippen LogP contribution in [0.5, 0.6) is 0 Å². The monoisotopic (exact) mass is 265 g/mol. The Kier molecular flexibility index (Phi) is 3.29. The van der Waals surface area contributed by atoms with Gasteiger partial charge in [-0.3, -0.25) is 4.79 Å². The van der Waals surface area contributed by atoms with Crippen molar-refractivity contribution in [3.05, 3.63) is 53.0 Å². The van der Waals surface area contributed by atoms with E-state index in [0.717, 1.165) is 23.2 Å². The van der Waals surface area contributed by atoms with Crippen molar-refractivity contribution in [2.45, 2.75) is 19.8 Å². The molecule has 1 aromatic carbocycles. The average Bonchev–Trinajstić information content (AvgIpc) is 2.46. The molecule has 4 nitrogen and oxygen atoms in total. The fraction of sp³-hybridized carbons (Fsp3) is 0.188. The smallest absolute Gasteiger partial charge is 0.225 e. The number of amides is 1. The van der Waals surface area contributed by atoms with Crippen molar-refractivity contribution in [3.8, 4) is 0 Å². The van der Waals surface area contributed by atoms with Crippen LogP contribution in [0.15, 0.2) is 30.3 Å². The number of benzene rings is 1. The van der Waals surface area contributed by atoms with Gasteiger partial charge < -0.3 is 5.32 Å². The molecule has 3 rings (SSSR count). The van der Waals surface area contributed by atoms with E-state index < -0.39 is 0 Å². The zero-order chi connectivity index (χ0) is 13.9. The highest BCUT2D eigenvalue weighted by Gasteiger charge is 2.19. The predicted molar refractivity (Wildman–Crippen MR) is 79.1 cm³/mol. The number of nitrogens with zero attached hydrogens (tertiary/aromatic N) is 2. The SMILES string of the molecule is Cc1nc(C=Cc2ccccc2)nc2c1CCC(=O)N2. The molecule has 1 aromatic heterocycles. The number of carbonyl (C=O) groups is 1. The first kappa shape index (κ1) is 12.5. The van der Waals surface area contributed by atoms with E-state index in [4.69, 9.17) is 0 Å². The minimum atomic E-state index is 0.0218. The van der Waals surface area contributed by atoms with E-state index in [1.807, 2.05) is 49.4 Å². The average molecular weight is 265 g/mol. The van der Waals surface area contributed by atoms with Gasteiger partial charge in [0.2, 0.25) is 5.91 Å². The Balaban J connectivity index is 1.91. The highest BCUT2D eigenvalue weighted by Crippen LogP contribution is 2.23. The molecule has 2 aromatic rings. The molecular formula is C16H15N3O. The molecule has 100 valence electrons. The van der Waals surface area contributed by atoms with Gasteiger partial charge in [0.05, 0.1) is 0 Å². The lowest BCUT2D eigenvalue weighted by Gasteiger charge is -2.17. The summed E-state index contributed by atoms with van der Waals surface area (Å²) in [5, 5.41) is 2.82. The van der Waals surface area contributed by atoms with Crippen LogP contribution in [-0.2, 0) is 11.2 Å². The number of aryl methyl sites for hydroxylation is 1. The van der Waals surface area contributed by atoms with E-state index in [1.165, 1.54) is 0 Å². The molecule has 0 aliphatic carbocycles. The first-order chi connectivity index (χ1) is 9.72. The van der Waals surface area contributed by atoms with Gasteiger partial charge in [0, 0.05) is 17.7 Å². The van der Waals surface area contributed by atoms with Gasteiger partial charge >= 0.3 is 0 Å². The maximum absolute atomic E-state index is 11.4. The molecule has 0 saturated heterocycles. The summed E-state index contributed by atoms with van der Waals surface area (Å²) in [6.07, 6.45) is 5.06. The third-order valence-electron chi connectivity index (χ3n) is 3.32. The zero-order valence-corrected chi connectivity index (χ0v) is 11.3. The molecule has 0 atom stereocenters. The Morgan fingerprint density at radius 2 is 1.90 bits per heavy atom. The number of fused-ring (bicyclic) bond motifs is 1. The van der Waals surface area contributed by atoms with Gasteiger partial charge in [0.15, 0.2) is 5.82 Å². The summed E-state index contributed by atoms with van der Waals surface area (Å²) in [6.45, 7) is 1.96. The van der Waals surface area contributed by atoms with E-state index >= 15 is 0 Å². The van der Waals surface area contributed by atoms with Crippen molar-refractivity contribution < 1.29 is 4.79 Å². The van der Waals surface area contributed by atoms with Gasteiger partial charge in [-0.2, -0.15) is 0 Å². The Morgan fingerprint density at radius 1 is 1.10 bits per heavy atom. The van der Waals surface area contributed by atoms with Crippen LogP contribution >= 0.6 is 0 Å². The van der Waals surface area contributed by atoms with Crippen LogP contribution in [0.4, 0.5) is 5.82 Å². The van der Waals surface area contributed by atoms with Crippen LogP contribution in [0.2, 0.25) is 0 Å². The summed E-state index contributed by atoms with van der Waals surface area (Å²) < 4.78 is 0. The molecule has 4 heteroatoms.